The maximum Gasteiger partial charge on any atom is 0.0335 e. The third-order valence-corrected chi connectivity index (χ3v) is 2.89. The summed E-state index contributed by atoms with van der Waals surface area (Å²) in [6.45, 7) is 18.2. The van der Waals surface area contributed by atoms with E-state index in [0.717, 1.165) is 29.8 Å². The van der Waals surface area contributed by atoms with Crippen molar-refractivity contribution in [1.82, 2.24) is 5.32 Å². The largest absolute Gasteiger partial charge is 0.359 e. The van der Waals surface area contributed by atoms with Crippen LogP contribution in [0.5, 0.6) is 0 Å². The zero-order chi connectivity index (χ0) is 14.0. The third kappa shape index (κ3) is 6.29. The van der Waals surface area contributed by atoms with Gasteiger partial charge in [-0.25, -0.2) is 0 Å². The Hall–Kier alpha value is -1.50. The van der Waals surface area contributed by atoms with Crippen LogP contribution < -0.4 is 5.32 Å². The van der Waals surface area contributed by atoms with Gasteiger partial charge in [0.1, 0.15) is 0 Å². The van der Waals surface area contributed by atoms with Gasteiger partial charge >= 0.3 is 0 Å². The zero-order valence-corrected chi connectivity index (χ0v) is 12.2. The third-order valence-electron chi connectivity index (χ3n) is 2.89. The van der Waals surface area contributed by atoms with Crippen molar-refractivity contribution in [3.05, 3.63) is 60.5 Å². The number of allylic oxidation sites excluding steroid dienone is 6. The number of rotatable bonds is 9. The van der Waals surface area contributed by atoms with Crippen molar-refractivity contribution < 1.29 is 0 Å². The second kappa shape index (κ2) is 9.52. The molecular formula is C17H27N. The molecule has 0 spiro atoms. The normalized spacial score (nSPS) is 12.2. The summed E-state index contributed by atoms with van der Waals surface area (Å²) in [5.74, 6) is 0. The van der Waals surface area contributed by atoms with Gasteiger partial charge in [0.15, 0.2) is 0 Å². The van der Waals surface area contributed by atoms with Gasteiger partial charge in [-0.3, -0.25) is 0 Å². The second-order valence-corrected chi connectivity index (χ2v) is 4.41. The first-order valence-corrected chi connectivity index (χ1v) is 6.69. The quantitative estimate of drug-likeness (QED) is 0.546. The lowest BCUT2D eigenvalue weighted by Gasteiger charge is -2.14. The molecule has 0 aromatic heterocycles. The van der Waals surface area contributed by atoms with Crippen molar-refractivity contribution >= 4 is 0 Å². The summed E-state index contributed by atoms with van der Waals surface area (Å²) < 4.78 is 0. The molecule has 1 N–H and O–H groups in total. The standard InChI is InChI=1S/C17H27N/c1-7-10-12-14(4)15(5)18-16(6)17(9-3)13-11-8-2/h8,11,13,18H,2,4-5,7,9-10,12H2,1,3,6H3/b13-11-,17-16+. The summed E-state index contributed by atoms with van der Waals surface area (Å²) in [6.07, 6.45) is 10.2. The van der Waals surface area contributed by atoms with E-state index >= 15 is 0 Å². The van der Waals surface area contributed by atoms with E-state index in [0.29, 0.717) is 0 Å². The molecule has 0 aliphatic rings. The first-order valence-electron chi connectivity index (χ1n) is 6.69. The van der Waals surface area contributed by atoms with Crippen LogP contribution in [0.2, 0.25) is 0 Å². The number of nitrogens with one attached hydrogen (secondary N) is 1. The average Bonchev–Trinajstić information content (AvgIpc) is 2.36. The summed E-state index contributed by atoms with van der Waals surface area (Å²) in [6, 6.07) is 0. The van der Waals surface area contributed by atoms with E-state index in [2.05, 4.69) is 51.9 Å². The van der Waals surface area contributed by atoms with Crippen molar-refractivity contribution in [3.63, 3.8) is 0 Å². The van der Waals surface area contributed by atoms with Crippen molar-refractivity contribution in [2.75, 3.05) is 0 Å². The molecule has 1 nitrogen and oxygen atoms in total. The molecule has 18 heavy (non-hydrogen) atoms. The van der Waals surface area contributed by atoms with Crippen molar-refractivity contribution in [2.45, 2.75) is 46.5 Å². The molecule has 0 saturated carbocycles. The number of hydrogen-bond acceptors (Lipinski definition) is 1. The van der Waals surface area contributed by atoms with Crippen LogP contribution in [0.3, 0.4) is 0 Å². The monoisotopic (exact) mass is 245 g/mol. The average molecular weight is 245 g/mol. The van der Waals surface area contributed by atoms with Crippen molar-refractivity contribution in [3.8, 4) is 0 Å². The van der Waals surface area contributed by atoms with Gasteiger partial charge in [0.05, 0.1) is 0 Å². The van der Waals surface area contributed by atoms with E-state index in [1.807, 2.05) is 6.08 Å². The summed E-state index contributed by atoms with van der Waals surface area (Å²) in [4.78, 5) is 0. The molecule has 0 bridgehead atoms. The predicted octanol–water partition coefficient (Wildman–Crippen LogP) is 5.26. The molecule has 100 valence electrons. The van der Waals surface area contributed by atoms with Gasteiger partial charge in [-0.2, -0.15) is 0 Å². The van der Waals surface area contributed by atoms with Crippen LogP contribution >= 0.6 is 0 Å². The molecule has 0 atom stereocenters. The van der Waals surface area contributed by atoms with E-state index in [1.165, 1.54) is 18.4 Å². The molecule has 1 heteroatoms. The van der Waals surface area contributed by atoms with Gasteiger partial charge in [-0.1, -0.05) is 58.2 Å². The highest BCUT2D eigenvalue weighted by Gasteiger charge is 2.02. The van der Waals surface area contributed by atoms with Gasteiger partial charge in [0.25, 0.3) is 0 Å². The lowest BCUT2D eigenvalue weighted by Crippen LogP contribution is -2.13. The van der Waals surface area contributed by atoms with Crippen molar-refractivity contribution in [2.24, 2.45) is 0 Å². The molecule has 0 saturated heterocycles. The highest BCUT2D eigenvalue weighted by Crippen LogP contribution is 2.15. The summed E-state index contributed by atoms with van der Waals surface area (Å²) >= 11 is 0. The molecule has 0 aromatic carbocycles. The topological polar surface area (TPSA) is 12.0 Å². The molecule has 0 heterocycles. The van der Waals surface area contributed by atoms with E-state index in [4.69, 9.17) is 0 Å². The zero-order valence-electron chi connectivity index (χ0n) is 12.2. The Kier molecular flexibility index (Phi) is 8.73. The van der Waals surface area contributed by atoms with Crippen LogP contribution in [0, 0.1) is 0 Å². The van der Waals surface area contributed by atoms with Gasteiger partial charge in [-0.05, 0) is 37.3 Å². The highest BCUT2D eigenvalue weighted by atomic mass is 14.9. The molecule has 0 unspecified atom stereocenters. The van der Waals surface area contributed by atoms with Crippen molar-refractivity contribution in [1.29, 1.82) is 0 Å². The Morgan fingerprint density at radius 3 is 2.39 bits per heavy atom. The fraction of sp³-hybridized carbons (Fsp3) is 0.412. The lowest BCUT2D eigenvalue weighted by atomic mass is 10.1. The molecule has 0 amide bonds. The van der Waals surface area contributed by atoms with Gasteiger partial charge in [-0.15, -0.1) is 0 Å². The molecular weight excluding hydrogens is 218 g/mol. The van der Waals surface area contributed by atoms with Crippen LogP contribution in [-0.2, 0) is 0 Å². The lowest BCUT2D eigenvalue weighted by molar-refractivity contribution is 0.779. The van der Waals surface area contributed by atoms with Crippen LogP contribution in [-0.4, -0.2) is 0 Å². The van der Waals surface area contributed by atoms with Gasteiger partial charge in [0, 0.05) is 11.4 Å². The Morgan fingerprint density at radius 1 is 1.22 bits per heavy atom. The Labute approximate surface area is 113 Å². The SMILES string of the molecule is C=C/C=C\C(CC)=C(/C)NC(=C)C(=C)CCCC. The summed E-state index contributed by atoms with van der Waals surface area (Å²) in [5.41, 5.74) is 4.43. The van der Waals surface area contributed by atoms with Crippen LogP contribution in [0.4, 0.5) is 0 Å². The first-order chi connectivity index (χ1) is 8.56. The molecule has 0 aliphatic heterocycles. The van der Waals surface area contributed by atoms with Crippen LogP contribution in [0.25, 0.3) is 0 Å². The molecule has 0 fully saturated rings. The first kappa shape index (κ1) is 16.5. The summed E-state index contributed by atoms with van der Waals surface area (Å²) in [5, 5.41) is 3.35. The smallest absolute Gasteiger partial charge is 0.0335 e. The van der Waals surface area contributed by atoms with Gasteiger partial charge < -0.3 is 5.32 Å². The van der Waals surface area contributed by atoms with Crippen LogP contribution in [0.15, 0.2) is 60.5 Å². The van der Waals surface area contributed by atoms with E-state index in [-0.39, 0.29) is 0 Å². The maximum absolute atomic E-state index is 4.07. The fourth-order valence-corrected chi connectivity index (χ4v) is 1.63. The minimum Gasteiger partial charge on any atom is -0.359 e. The predicted molar refractivity (Wildman–Crippen MR) is 83.3 cm³/mol. The number of hydrogen-bond donors (Lipinski definition) is 1. The summed E-state index contributed by atoms with van der Waals surface area (Å²) in [7, 11) is 0. The van der Waals surface area contributed by atoms with E-state index < -0.39 is 0 Å². The fourth-order valence-electron chi connectivity index (χ4n) is 1.63. The number of unbranched alkanes of at least 4 members (excludes halogenated alkanes) is 1. The van der Waals surface area contributed by atoms with Gasteiger partial charge in [0.2, 0.25) is 0 Å². The minimum atomic E-state index is 0.930. The molecule has 0 rings (SSSR count). The Balaban J connectivity index is 4.60. The molecule has 0 radical (unpaired) electrons. The molecule has 0 aliphatic carbocycles. The Morgan fingerprint density at radius 2 is 1.89 bits per heavy atom. The maximum atomic E-state index is 4.07. The highest BCUT2D eigenvalue weighted by molar-refractivity contribution is 5.32. The van der Waals surface area contributed by atoms with E-state index in [1.54, 1.807) is 6.08 Å². The second-order valence-electron chi connectivity index (χ2n) is 4.41. The van der Waals surface area contributed by atoms with Crippen LogP contribution in [0.1, 0.15) is 46.5 Å². The minimum absolute atomic E-state index is 0.930. The van der Waals surface area contributed by atoms with E-state index in [9.17, 15) is 0 Å². The Bertz CT molecular complexity index is 356. The molecule has 0 aromatic rings.